The first-order chi connectivity index (χ1) is 11.9. The molecule has 0 radical (unpaired) electrons. The van der Waals surface area contributed by atoms with Gasteiger partial charge in [0, 0.05) is 37.0 Å². The van der Waals surface area contributed by atoms with Gasteiger partial charge in [-0.25, -0.2) is 0 Å². The van der Waals surface area contributed by atoms with E-state index < -0.39 is 0 Å². The van der Waals surface area contributed by atoms with E-state index >= 15 is 0 Å². The summed E-state index contributed by atoms with van der Waals surface area (Å²) in [6.45, 7) is 7.49. The fourth-order valence-corrected chi connectivity index (χ4v) is 3.39. The summed E-state index contributed by atoms with van der Waals surface area (Å²) >= 11 is 0. The Balaban J connectivity index is 1.44. The maximum absolute atomic E-state index is 12.1. The lowest BCUT2D eigenvalue weighted by Crippen LogP contribution is -2.47. The summed E-state index contributed by atoms with van der Waals surface area (Å²) in [6.07, 6.45) is 6.06. The van der Waals surface area contributed by atoms with Crippen molar-refractivity contribution in [3.05, 3.63) is 29.7 Å². The molecule has 1 saturated heterocycles. The van der Waals surface area contributed by atoms with Gasteiger partial charge < -0.3 is 14.6 Å². The van der Waals surface area contributed by atoms with Crippen molar-refractivity contribution >= 4 is 17.9 Å². The van der Waals surface area contributed by atoms with Crippen LogP contribution in [0.1, 0.15) is 57.5 Å². The molecular weight excluding hydrogens is 316 g/mol. The Morgan fingerprint density at radius 2 is 1.96 bits per heavy atom. The lowest BCUT2D eigenvalue weighted by atomic mass is 10.0. The largest absolute Gasteiger partial charge is 0.461 e. The first-order valence-corrected chi connectivity index (χ1v) is 9.31. The molecule has 2 atom stereocenters. The number of likely N-dealkylation sites (tertiary alicyclic amines) is 1. The van der Waals surface area contributed by atoms with Crippen molar-refractivity contribution in [3.8, 4) is 0 Å². The van der Waals surface area contributed by atoms with Crippen molar-refractivity contribution < 1.29 is 14.0 Å². The van der Waals surface area contributed by atoms with Crippen LogP contribution in [0.25, 0.3) is 6.08 Å². The van der Waals surface area contributed by atoms with Crippen molar-refractivity contribution in [2.24, 2.45) is 11.8 Å². The molecule has 0 aromatic carbocycles. The van der Waals surface area contributed by atoms with Gasteiger partial charge in [0.1, 0.15) is 11.5 Å². The van der Waals surface area contributed by atoms with Crippen LogP contribution in [-0.2, 0) is 9.59 Å². The summed E-state index contributed by atoms with van der Waals surface area (Å²) in [6, 6.07) is 4.06. The summed E-state index contributed by atoms with van der Waals surface area (Å²) in [4.78, 5) is 26.0. The number of nitrogens with zero attached hydrogens (tertiary/aromatic N) is 1. The third kappa shape index (κ3) is 4.53. The zero-order valence-corrected chi connectivity index (χ0v) is 15.3. The number of carbonyl (C=O) groups is 2. The average Bonchev–Trinajstić information content (AvgIpc) is 3.13. The average molecular weight is 344 g/mol. The molecule has 5 heteroatoms. The third-order valence-electron chi connectivity index (χ3n) is 5.17. The fraction of sp³-hybridized carbons (Fsp3) is 0.600. The van der Waals surface area contributed by atoms with Gasteiger partial charge in [0.2, 0.25) is 11.8 Å². The molecular formula is C20H28N2O3. The number of piperidine rings is 1. The highest BCUT2D eigenvalue weighted by Crippen LogP contribution is 2.47. The molecule has 2 heterocycles. The van der Waals surface area contributed by atoms with E-state index in [-0.39, 0.29) is 23.8 Å². The minimum absolute atomic E-state index is 0.0332. The van der Waals surface area contributed by atoms with Gasteiger partial charge in [0.15, 0.2) is 0 Å². The van der Waals surface area contributed by atoms with Crippen LogP contribution in [0.4, 0.5) is 0 Å². The number of amides is 2. The molecule has 2 fully saturated rings. The van der Waals surface area contributed by atoms with Gasteiger partial charge in [-0.1, -0.05) is 20.8 Å². The van der Waals surface area contributed by atoms with E-state index in [1.54, 1.807) is 6.08 Å². The number of carbonyl (C=O) groups excluding carboxylic acids is 2. The van der Waals surface area contributed by atoms with Gasteiger partial charge in [-0.2, -0.15) is 0 Å². The Labute approximate surface area is 149 Å². The first-order valence-electron chi connectivity index (χ1n) is 9.31. The van der Waals surface area contributed by atoms with E-state index in [4.69, 9.17) is 4.42 Å². The minimum atomic E-state index is -0.105. The summed E-state index contributed by atoms with van der Waals surface area (Å²) in [5.41, 5.74) is 0. The normalized spacial score (nSPS) is 24.1. The van der Waals surface area contributed by atoms with Crippen LogP contribution in [0.2, 0.25) is 0 Å². The molecule has 2 amide bonds. The molecule has 136 valence electrons. The Kier molecular flexibility index (Phi) is 5.30. The topological polar surface area (TPSA) is 62.6 Å². The van der Waals surface area contributed by atoms with Crippen LogP contribution in [0, 0.1) is 11.8 Å². The Morgan fingerprint density at radius 3 is 2.56 bits per heavy atom. The van der Waals surface area contributed by atoms with Gasteiger partial charge in [-0.05, 0) is 43.4 Å². The van der Waals surface area contributed by atoms with Crippen LogP contribution in [0.5, 0.6) is 0 Å². The van der Waals surface area contributed by atoms with Gasteiger partial charge in [0.25, 0.3) is 0 Å². The second kappa shape index (κ2) is 7.46. The highest BCUT2D eigenvalue weighted by molar-refractivity contribution is 5.91. The molecule has 2 aliphatic rings. The molecule has 0 bridgehead atoms. The number of hydrogen-bond acceptors (Lipinski definition) is 3. The number of nitrogens with one attached hydrogen (secondary N) is 1. The highest BCUT2D eigenvalue weighted by atomic mass is 16.3. The second-order valence-corrected chi connectivity index (χ2v) is 7.66. The second-order valence-electron chi connectivity index (χ2n) is 7.66. The fourth-order valence-electron chi connectivity index (χ4n) is 3.39. The van der Waals surface area contributed by atoms with E-state index in [0.717, 1.165) is 24.4 Å². The van der Waals surface area contributed by atoms with Crippen molar-refractivity contribution in [2.75, 3.05) is 13.1 Å². The van der Waals surface area contributed by atoms with E-state index in [0.29, 0.717) is 24.9 Å². The number of rotatable bonds is 5. The van der Waals surface area contributed by atoms with Crippen LogP contribution in [-0.4, -0.2) is 35.8 Å². The molecule has 1 aromatic rings. The molecule has 1 N–H and O–H groups in total. The van der Waals surface area contributed by atoms with Crippen molar-refractivity contribution in [2.45, 2.75) is 52.0 Å². The van der Waals surface area contributed by atoms with E-state index in [1.807, 2.05) is 30.9 Å². The zero-order valence-electron chi connectivity index (χ0n) is 15.3. The number of hydrogen-bond donors (Lipinski definition) is 1. The van der Waals surface area contributed by atoms with Gasteiger partial charge in [-0.15, -0.1) is 0 Å². The molecule has 5 nitrogen and oxygen atoms in total. The van der Waals surface area contributed by atoms with E-state index in [9.17, 15) is 9.59 Å². The molecule has 1 aromatic heterocycles. The van der Waals surface area contributed by atoms with E-state index in [1.165, 1.54) is 12.5 Å². The molecule has 1 aliphatic heterocycles. The lowest BCUT2D eigenvalue weighted by molar-refractivity contribution is -0.135. The SMILES string of the molecule is CC(C)C(=O)N1CCC(NC(=O)/C=C/c2ccc(C3CC3C)o2)CC1. The Bertz CT molecular complexity index is 654. The monoisotopic (exact) mass is 344 g/mol. The standard InChI is InChI=1S/C20H28N2O3/c1-13(2)20(24)22-10-8-15(9-11-22)21-19(23)7-5-16-4-6-18(25-16)17-12-14(17)3/h4-7,13-15,17H,8-12H2,1-3H3,(H,21,23)/b7-5+. The van der Waals surface area contributed by atoms with Crippen molar-refractivity contribution in [3.63, 3.8) is 0 Å². The molecule has 2 unspecified atom stereocenters. The first kappa shape index (κ1) is 17.8. The summed E-state index contributed by atoms with van der Waals surface area (Å²) in [7, 11) is 0. The van der Waals surface area contributed by atoms with Crippen molar-refractivity contribution in [1.29, 1.82) is 0 Å². The zero-order chi connectivity index (χ0) is 18.0. The van der Waals surface area contributed by atoms with Crippen LogP contribution >= 0.6 is 0 Å². The van der Waals surface area contributed by atoms with Crippen molar-refractivity contribution in [1.82, 2.24) is 10.2 Å². The van der Waals surface area contributed by atoms with E-state index in [2.05, 4.69) is 12.2 Å². The third-order valence-corrected chi connectivity index (χ3v) is 5.17. The minimum Gasteiger partial charge on any atom is -0.461 e. The molecule has 1 saturated carbocycles. The maximum Gasteiger partial charge on any atom is 0.244 e. The van der Waals surface area contributed by atoms with Crippen LogP contribution < -0.4 is 5.32 Å². The molecule has 1 aliphatic carbocycles. The van der Waals surface area contributed by atoms with Gasteiger partial charge in [-0.3, -0.25) is 9.59 Å². The number of furan rings is 1. The maximum atomic E-state index is 12.1. The molecule has 3 rings (SSSR count). The predicted molar refractivity (Wildman–Crippen MR) is 96.8 cm³/mol. The highest BCUT2D eigenvalue weighted by Gasteiger charge is 2.36. The van der Waals surface area contributed by atoms with Gasteiger partial charge in [0.05, 0.1) is 0 Å². The molecule has 25 heavy (non-hydrogen) atoms. The predicted octanol–water partition coefficient (Wildman–Crippen LogP) is 3.18. The summed E-state index contributed by atoms with van der Waals surface area (Å²) in [5, 5.41) is 3.02. The smallest absolute Gasteiger partial charge is 0.244 e. The van der Waals surface area contributed by atoms with Crippen LogP contribution in [0.3, 0.4) is 0 Å². The Morgan fingerprint density at radius 1 is 1.28 bits per heavy atom. The van der Waals surface area contributed by atoms with Gasteiger partial charge >= 0.3 is 0 Å². The molecule has 0 spiro atoms. The van der Waals surface area contributed by atoms with Crippen LogP contribution in [0.15, 0.2) is 22.6 Å². The summed E-state index contributed by atoms with van der Waals surface area (Å²) < 4.78 is 5.77. The summed E-state index contributed by atoms with van der Waals surface area (Å²) in [5.74, 6) is 3.13. The lowest BCUT2D eigenvalue weighted by Gasteiger charge is -2.33. The quantitative estimate of drug-likeness (QED) is 0.835. The Hall–Kier alpha value is -2.04.